The number of furan rings is 1. The Balaban J connectivity index is 1.88. The van der Waals surface area contributed by atoms with E-state index in [1.165, 1.54) is 11.3 Å². The molecule has 0 aromatic carbocycles. The van der Waals surface area contributed by atoms with Crippen LogP contribution in [0.4, 0.5) is 0 Å². The summed E-state index contributed by atoms with van der Waals surface area (Å²) < 4.78 is 5.27. The number of amides is 1. The highest BCUT2D eigenvalue weighted by atomic mass is 32.1. The molecule has 0 fully saturated rings. The van der Waals surface area contributed by atoms with E-state index < -0.39 is 6.10 Å². The Hall–Kier alpha value is -1.59. The van der Waals surface area contributed by atoms with Crippen LogP contribution in [0.5, 0.6) is 0 Å². The molecule has 90 valence electrons. The molecule has 4 nitrogen and oxygen atoms in total. The van der Waals surface area contributed by atoms with Crippen molar-refractivity contribution >= 4 is 17.2 Å². The van der Waals surface area contributed by atoms with Gasteiger partial charge in [-0.1, -0.05) is 0 Å². The summed E-state index contributed by atoms with van der Waals surface area (Å²) >= 11 is 1.46. The van der Waals surface area contributed by atoms with Gasteiger partial charge in [0.2, 0.25) is 0 Å². The molecule has 0 aliphatic heterocycles. The van der Waals surface area contributed by atoms with Crippen LogP contribution < -0.4 is 5.32 Å². The number of thiophene rings is 1. The standard InChI is InChI=1S/C12H13NO3S/c1-8-2-3-11(16-8)10(14)6-13-12(15)9-4-5-17-7-9/h2-5,7,10,14H,6H2,1H3,(H,13,15)/t10-/m1/s1. The van der Waals surface area contributed by atoms with Gasteiger partial charge in [-0.25, -0.2) is 0 Å². The number of nitrogens with one attached hydrogen (secondary N) is 1. The van der Waals surface area contributed by atoms with E-state index in [0.29, 0.717) is 11.3 Å². The van der Waals surface area contributed by atoms with Gasteiger partial charge >= 0.3 is 0 Å². The zero-order valence-electron chi connectivity index (χ0n) is 9.34. The molecular formula is C12H13NO3S. The average Bonchev–Trinajstić information content (AvgIpc) is 2.95. The van der Waals surface area contributed by atoms with Crippen molar-refractivity contribution in [1.82, 2.24) is 5.32 Å². The third kappa shape index (κ3) is 2.95. The summed E-state index contributed by atoms with van der Waals surface area (Å²) in [5, 5.41) is 16.0. The van der Waals surface area contributed by atoms with E-state index in [4.69, 9.17) is 4.42 Å². The van der Waals surface area contributed by atoms with Crippen LogP contribution in [0.1, 0.15) is 28.0 Å². The van der Waals surface area contributed by atoms with Crippen LogP contribution in [-0.4, -0.2) is 17.6 Å². The van der Waals surface area contributed by atoms with Gasteiger partial charge in [-0.05, 0) is 30.5 Å². The minimum Gasteiger partial charge on any atom is -0.464 e. The average molecular weight is 251 g/mol. The van der Waals surface area contributed by atoms with E-state index in [0.717, 1.165) is 5.76 Å². The maximum atomic E-state index is 11.6. The molecule has 0 radical (unpaired) electrons. The summed E-state index contributed by atoms with van der Waals surface area (Å²) in [4.78, 5) is 11.6. The molecular weight excluding hydrogens is 238 g/mol. The molecule has 0 bridgehead atoms. The minimum absolute atomic E-state index is 0.141. The Kier molecular flexibility index (Phi) is 3.61. The first-order chi connectivity index (χ1) is 8.16. The summed E-state index contributed by atoms with van der Waals surface area (Å²) in [7, 11) is 0. The van der Waals surface area contributed by atoms with Crippen LogP contribution in [0.25, 0.3) is 0 Å². The highest BCUT2D eigenvalue weighted by Crippen LogP contribution is 2.15. The number of hydrogen-bond donors (Lipinski definition) is 2. The van der Waals surface area contributed by atoms with E-state index in [9.17, 15) is 9.90 Å². The number of aryl methyl sites for hydroxylation is 1. The van der Waals surface area contributed by atoms with Crippen molar-refractivity contribution in [2.75, 3.05) is 6.54 Å². The lowest BCUT2D eigenvalue weighted by molar-refractivity contribution is 0.0901. The van der Waals surface area contributed by atoms with Crippen molar-refractivity contribution in [1.29, 1.82) is 0 Å². The zero-order valence-corrected chi connectivity index (χ0v) is 10.2. The first-order valence-corrected chi connectivity index (χ1v) is 6.16. The quantitative estimate of drug-likeness (QED) is 0.874. The number of carbonyl (C=O) groups is 1. The lowest BCUT2D eigenvalue weighted by atomic mass is 10.2. The van der Waals surface area contributed by atoms with Crippen molar-refractivity contribution in [3.8, 4) is 0 Å². The summed E-state index contributed by atoms with van der Waals surface area (Å²) in [5.41, 5.74) is 0.609. The van der Waals surface area contributed by atoms with E-state index in [1.54, 1.807) is 30.5 Å². The van der Waals surface area contributed by atoms with Crippen LogP contribution >= 0.6 is 11.3 Å². The third-order valence-corrected chi connectivity index (χ3v) is 3.01. The Bertz CT molecular complexity index is 490. The molecule has 0 spiro atoms. The summed E-state index contributed by atoms with van der Waals surface area (Å²) in [5.74, 6) is 1.02. The van der Waals surface area contributed by atoms with Crippen LogP contribution in [0.2, 0.25) is 0 Å². The zero-order chi connectivity index (χ0) is 12.3. The Morgan fingerprint density at radius 2 is 2.35 bits per heavy atom. The second-order valence-electron chi connectivity index (χ2n) is 3.69. The van der Waals surface area contributed by atoms with Gasteiger partial charge in [-0.3, -0.25) is 4.79 Å². The number of rotatable bonds is 4. The van der Waals surface area contributed by atoms with Gasteiger partial charge in [0.05, 0.1) is 6.54 Å². The monoisotopic (exact) mass is 251 g/mol. The van der Waals surface area contributed by atoms with Crippen molar-refractivity contribution in [2.24, 2.45) is 0 Å². The minimum atomic E-state index is -0.814. The molecule has 5 heteroatoms. The fourth-order valence-electron chi connectivity index (χ4n) is 1.42. The summed E-state index contributed by atoms with van der Waals surface area (Å²) in [6, 6.07) is 5.22. The molecule has 17 heavy (non-hydrogen) atoms. The molecule has 1 amide bonds. The lowest BCUT2D eigenvalue weighted by Crippen LogP contribution is -2.27. The largest absolute Gasteiger partial charge is 0.464 e. The highest BCUT2D eigenvalue weighted by molar-refractivity contribution is 7.08. The first kappa shape index (κ1) is 11.9. The van der Waals surface area contributed by atoms with Gasteiger partial charge < -0.3 is 14.8 Å². The van der Waals surface area contributed by atoms with Crippen molar-refractivity contribution < 1.29 is 14.3 Å². The fourth-order valence-corrected chi connectivity index (χ4v) is 2.05. The number of aliphatic hydroxyl groups is 1. The Labute approximate surface area is 103 Å². The maximum Gasteiger partial charge on any atom is 0.252 e. The van der Waals surface area contributed by atoms with Crippen LogP contribution in [-0.2, 0) is 0 Å². The number of aliphatic hydroxyl groups excluding tert-OH is 1. The molecule has 2 aromatic heterocycles. The first-order valence-electron chi connectivity index (χ1n) is 5.21. The number of carbonyl (C=O) groups excluding carboxylic acids is 1. The van der Waals surface area contributed by atoms with Gasteiger partial charge in [-0.15, -0.1) is 0 Å². The normalized spacial score (nSPS) is 12.4. The summed E-state index contributed by atoms with van der Waals surface area (Å²) in [6.07, 6.45) is -0.814. The van der Waals surface area contributed by atoms with E-state index in [1.807, 2.05) is 5.38 Å². The second-order valence-corrected chi connectivity index (χ2v) is 4.47. The molecule has 0 aliphatic rings. The third-order valence-electron chi connectivity index (χ3n) is 2.33. The predicted molar refractivity (Wildman–Crippen MR) is 65.1 cm³/mol. The Morgan fingerprint density at radius 3 is 2.94 bits per heavy atom. The van der Waals surface area contributed by atoms with E-state index >= 15 is 0 Å². The lowest BCUT2D eigenvalue weighted by Gasteiger charge is -2.08. The molecule has 0 saturated heterocycles. The molecule has 2 rings (SSSR count). The molecule has 0 unspecified atom stereocenters. The maximum absolute atomic E-state index is 11.6. The van der Waals surface area contributed by atoms with Crippen LogP contribution in [0.3, 0.4) is 0 Å². The predicted octanol–water partition coefficient (Wildman–Crippen LogP) is 2.11. The molecule has 1 atom stereocenters. The van der Waals surface area contributed by atoms with Crippen molar-refractivity contribution in [3.05, 3.63) is 46.0 Å². The highest BCUT2D eigenvalue weighted by Gasteiger charge is 2.13. The summed E-state index contributed by atoms with van der Waals surface area (Å²) in [6.45, 7) is 1.95. The van der Waals surface area contributed by atoms with Gasteiger partial charge in [0, 0.05) is 10.9 Å². The number of hydrogen-bond acceptors (Lipinski definition) is 4. The molecule has 0 saturated carbocycles. The smallest absolute Gasteiger partial charge is 0.252 e. The van der Waals surface area contributed by atoms with Gasteiger partial charge in [0.1, 0.15) is 17.6 Å². The van der Waals surface area contributed by atoms with Crippen LogP contribution in [0.15, 0.2) is 33.4 Å². The van der Waals surface area contributed by atoms with Crippen LogP contribution in [0, 0.1) is 6.92 Å². The van der Waals surface area contributed by atoms with E-state index in [-0.39, 0.29) is 12.5 Å². The molecule has 2 heterocycles. The molecule has 2 aromatic rings. The van der Waals surface area contributed by atoms with Gasteiger partial charge in [0.25, 0.3) is 5.91 Å². The topological polar surface area (TPSA) is 62.5 Å². The fraction of sp³-hybridized carbons (Fsp3) is 0.250. The van der Waals surface area contributed by atoms with Gasteiger partial charge in [-0.2, -0.15) is 11.3 Å². The van der Waals surface area contributed by atoms with Gasteiger partial charge in [0.15, 0.2) is 0 Å². The second kappa shape index (κ2) is 5.16. The SMILES string of the molecule is Cc1ccc([C@H](O)CNC(=O)c2ccsc2)o1. The van der Waals surface area contributed by atoms with Crippen molar-refractivity contribution in [2.45, 2.75) is 13.0 Å². The Morgan fingerprint density at radius 1 is 1.53 bits per heavy atom. The molecule has 2 N–H and O–H groups in total. The molecule has 0 aliphatic carbocycles. The van der Waals surface area contributed by atoms with E-state index in [2.05, 4.69) is 5.32 Å². The van der Waals surface area contributed by atoms with Crippen molar-refractivity contribution in [3.63, 3.8) is 0 Å².